The van der Waals surface area contributed by atoms with E-state index in [0.717, 1.165) is 17.7 Å². The Labute approximate surface area is 121 Å². The van der Waals surface area contributed by atoms with Gasteiger partial charge in [0.1, 0.15) is 5.60 Å². The van der Waals surface area contributed by atoms with Crippen molar-refractivity contribution >= 4 is 11.6 Å². The Morgan fingerprint density at radius 2 is 1.90 bits per heavy atom. The predicted octanol–water partition coefficient (Wildman–Crippen LogP) is 2.70. The van der Waals surface area contributed by atoms with E-state index in [2.05, 4.69) is 6.92 Å². The van der Waals surface area contributed by atoms with E-state index in [1.54, 1.807) is 12.0 Å². The second-order valence-electron chi connectivity index (χ2n) is 5.12. The third-order valence-corrected chi connectivity index (χ3v) is 3.75. The van der Waals surface area contributed by atoms with Gasteiger partial charge in [-0.3, -0.25) is 4.79 Å². The highest BCUT2D eigenvalue weighted by Crippen LogP contribution is 2.23. The molecule has 0 saturated heterocycles. The van der Waals surface area contributed by atoms with Gasteiger partial charge in [-0.05, 0) is 37.5 Å². The smallest absolute Gasteiger partial charge is 0.258 e. The van der Waals surface area contributed by atoms with E-state index >= 15 is 0 Å². The molecule has 0 aliphatic carbocycles. The lowest BCUT2D eigenvalue weighted by Crippen LogP contribution is -2.48. The minimum absolute atomic E-state index is 0.00449. The third kappa shape index (κ3) is 3.58. The average molecular weight is 278 g/mol. The van der Waals surface area contributed by atoms with Gasteiger partial charge in [0.05, 0.1) is 0 Å². The molecule has 1 atom stereocenters. The van der Waals surface area contributed by atoms with Crippen LogP contribution in [0.3, 0.4) is 0 Å². The summed E-state index contributed by atoms with van der Waals surface area (Å²) in [6.45, 7) is 7.05. The van der Waals surface area contributed by atoms with Gasteiger partial charge in [0, 0.05) is 25.9 Å². The lowest BCUT2D eigenvalue weighted by molar-refractivity contribution is -0.138. The standard InChI is InChI=1S/C16H26N2O2/c1-5-11-18(15(19)16(3,6-2)20-4)14-9-7-13(12-17)8-10-14/h7-10H,5-6,11-12,17H2,1-4H3. The molecule has 0 bridgehead atoms. The van der Waals surface area contributed by atoms with Crippen LogP contribution in [0.15, 0.2) is 24.3 Å². The van der Waals surface area contributed by atoms with Crippen molar-refractivity contribution < 1.29 is 9.53 Å². The molecule has 4 nitrogen and oxygen atoms in total. The Hall–Kier alpha value is -1.39. The zero-order chi connectivity index (χ0) is 15.2. The lowest BCUT2D eigenvalue weighted by Gasteiger charge is -2.33. The Morgan fingerprint density at radius 3 is 2.30 bits per heavy atom. The molecule has 1 aromatic carbocycles. The van der Waals surface area contributed by atoms with Crippen LogP contribution in [0.4, 0.5) is 5.69 Å². The summed E-state index contributed by atoms with van der Waals surface area (Å²) in [6, 6.07) is 7.81. The summed E-state index contributed by atoms with van der Waals surface area (Å²) in [4.78, 5) is 14.5. The molecular weight excluding hydrogens is 252 g/mol. The zero-order valence-corrected chi connectivity index (χ0v) is 13.0. The Morgan fingerprint density at radius 1 is 1.30 bits per heavy atom. The number of anilines is 1. The monoisotopic (exact) mass is 278 g/mol. The highest BCUT2D eigenvalue weighted by molar-refractivity contribution is 5.99. The molecule has 112 valence electrons. The van der Waals surface area contributed by atoms with Crippen LogP contribution in [0.1, 0.15) is 39.2 Å². The summed E-state index contributed by atoms with van der Waals surface area (Å²) in [5.74, 6) is 0.00449. The van der Waals surface area contributed by atoms with E-state index in [4.69, 9.17) is 10.5 Å². The minimum Gasteiger partial charge on any atom is -0.369 e. The molecule has 0 radical (unpaired) electrons. The van der Waals surface area contributed by atoms with Crippen molar-refractivity contribution in [2.24, 2.45) is 5.73 Å². The van der Waals surface area contributed by atoms with E-state index < -0.39 is 5.60 Å². The highest BCUT2D eigenvalue weighted by Gasteiger charge is 2.35. The number of rotatable bonds is 7. The lowest BCUT2D eigenvalue weighted by atomic mass is 10.0. The minimum atomic E-state index is -0.776. The molecule has 0 fully saturated rings. The van der Waals surface area contributed by atoms with Gasteiger partial charge in [-0.1, -0.05) is 26.0 Å². The zero-order valence-electron chi connectivity index (χ0n) is 13.0. The van der Waals surface area contributed by atoms with Crippen LogP contribution in [0, 0.1) is 0 Å². The van der Waals surface area contributed by atoms with E-state index in [0.29, 0.717) is 19.5 Å². The fourth-order valence-corrected chi connectivity index (χ4v) is 2.05. The van der Waals surface area contributed by atoms with Crippen LogP contribution in [-0.2, 0) is 16.1 Å². The van der Waals surface area contributed by atoms with Gasteiger partial charge >= 0.3 is 0 Å². The van der Waals surface area contributed by atoms with Gasteiger partial charge in [0.15, 0.2) is 0 Å². The normalized spacial score (nSPS) is 13.8. The van der Waals surface area contributed by atoms with Crippen molar-refractivity contribution in [3.05, 3.63) is 29.8 Å². The predicted molar refractivity (Wildman–Crippen MR) is 82.7 cm³/mol. The molecular formula is C16H26N2O2. The number of carbonyl (C=O) groups is 1. The number of hydrogen-bond acceptors (Lipinski definition) is 3. The number of methoxy groups -OCH3 is 1. The molecule has 0 aliphatic heterocycles. The molecule has 0 aromatic heterocycles. The first kappa shape index (κ1) is 16.7. The first-order valence-corrected chi connectivity index (χ1v) is 7.18. The van der Waals surface area contributed by atoms with Crippen LogP contribution in [0.2, 0.25) is 0 Å². The van der Waals surface area contributed by atoms with Gasteiger partial charge < -0.3 is 15.4 Å². The summed E-state index contributed by atoms with van der Waals surface area (Å²) < 4.78 is 5.43. The Kier molecular flexibility index (Phi) is 6.17. The van der Waals surface area contributed by atoms with Crippen LogP contribution in [0.5, 0.6) is 0 Å². The van der Waals surface area contributed by atoms with Crippen molar-refractivity contribution in [3.63, 3.8) is 0 Å². The number of nitrogens with zero attached hydrogens (tertiary/aromatic N) is 1. The number of nitrogens with two attached hydrogens (primary N) is 1. The van der Waals surface area contributed by atoms with E-state index in [9.17, 15) is 4.79 Å². The maximum atomic E-state index is 12.7. The second kappa shape index (κ2) is 7.41. The molecule has 0 aliphatic rings. The summed E-state index contributed by atoms with van der Waals surface area (Å²) in [6.07, 6.45) is 1.54. The molecule has 2 N–H and O–H groups in total. The largest absolute Gasteiger partial charge is 0.369 e. The molecule has 1 aromatic rings. The number of ether oxygens (including phenoxy) is 1. The van der Waals surface area contributed by atoms with Crippen LogP contribution < -0.4 is 10.6 Å². The van der Waals surface area contributed by atoms with Gasteiger partial charge in [-0.15, -0.1) is 0 Å². The molecule has 20 heavy (non-hydrogen) atoms. The molecule has 1 amide bonds. The topological polar surface area (TPSA) is 55.6 Å². The molecule has 1 rings (SSSR count). The molecule has 0 spiro atoms. The van der Waals surface area contributed by atoms with E-state index in [1.807, 2.05) is 38.1 Å². The van der Waals surface area contributed by atoms with E-state index in [-0.39, 0.29) is 5.91 Å². The van der Waals surface area contributed by atoms with Crippen molar-refractivity contribution in [1.29, 1.82) is 0 Å². The van der Waals surface area contributed by atoms with Crippen LogP contribution >= 0.6 is 0 Å². The van der Waals surface area contributed by atoms with Gasteiger partial charge in [-0.2, -0.15) is 0 Å². The van der Waals surface area contributed by atoms with Gasteiger partial charge in [0.25, 0.3) is 5.91 Å². The fourth-order valence-electron chi connectivity index (χ4n) is 2.05. The maximum Gasteiger partial charge on any atom is 0.258 e. The summed E-state index contributed by atoms with van der Waals surface area (Å²) >= 11 is 0. The SMILES string of the molecule is CCCN(C(=O)C(C)(CC)OC)c1ccc(CN)cc1. The van der Waals surface area contributed by atoms with Crippen molar-refractivity contribution in [1.82, 2.24) is 0 Å². The van der Waals surface area contributed by atoms with Crippen molar-refractivity contribution in [3.8, 4) is 0 Å². The Balaban J connectivity index is 3.06. The number of benzene rings is 1. The van der Waals surface area contributed by atoms with Gasteiger partial charge in [0.2, 0.25) is 0 Å². The molecule has 1 unspecified atom stereocenters. The fraction of sp³-hybridized carbons (Fsp3) is 0.562. The van der Waals surface area contributed by atoms with Crippen molar-refractivity contribution in [2.45, 2.75) is 45.8 Å². The first-order chi connectivity index (χ1) is 9.52. The molecule has 4 heteroatoms. The highest BCUT2D eigenvalue weighted by atomic mass is 16.5. The summed E-state index contributed by atoms with van der Waals surface area (Å²) in [5, 5.41) is 0. The van der Waals surface area contributed by atoms with Crippen molar-refractivity contribution in [2.75, 3.05) is 18.6 Å². The number of hydrogen-bond donors (Lipinski definition) is 1. The first-order valence-electron chi connectivity index (χ1n) is 7.18. The average Bonchev–Trinajstić information content (AvgIpc) is 2.51. The maximum absolute atomic E-state index is 12.7. The summed E-state index contributed by atoms with van der Waals surface area (Å²) in [5.41, 5.74) is 6.78. The second-order valence-corrected chi connectivity index (χ2v) is 5.12. The van der Waals surface area contributed by atoms with Gasteiger partial charge in [-0.25, -0.2) is 0 Å². The molecule has 0 heterocycles. The van der Waals surface area contributed by atoms with Crippen LogP contribution in [0.25, 0.3) is 0 Å². The third-order valence-electron chi connectivity index (χ3n) is 3.75. The van der Waals surface area contributed by atoms with E-state index in [1.165, 1.54) is 0 Å². The quantitative estimate of drug-likeness (QED) is 0.834. The molecule has 0 saturated carbocycles. The van der Waals surface area contributed by atoms with Crippen LogP contribution in [-0.4, -0.2) is 25.2 Å². The Bertz CT molecular complexity index is 425. The number of carbonyl (C=O) groups excluding carboxylic acids is 1. The summed E-state index contributed by atoms with van der Waals surface area (Å²) in [7, 11) is 1.59. The number of amides is 1.